The molecule has 1 saturated heterocycles. The van der Waals surface area contributed by atoms with Crippen molar-refractivity contribution in [3.05, 3.63) is 102 Å². The minimum Gasteiger partial charge on any atom is -0.453 e. The molecule has 2 aromatic carbocycles. The van der Waals surface area contributed by atoms with Gasteiger partial charge in [-0.1, -0.05) is 74.9 Å². The molecule has 3 amide bonds. The fourth-order valence-electron chi connectivity index (χ4n) is 8.83. The number of rotatable bonds is 13. The number of hydrogen-bond acceptors (Lipinski definition) is 8. The number of hydrogen-bond donors (Lipinski definition) is 4. The van der Waals surface area contributed by atoms with Crippen LogP contribution in [0.2, 0.25) is 0 Å². The predicted molar refractivity (Wildman–Crippen MR) is 226 cm³/mol. The van der Waals surface area contributed by atoms with E-state index in [0.717, 1.165) is 81.2 Å². The van der Waals surface area contributed by atoms with Gasteiger partial charge in [-0.05, 0) is 90.7 Å². The van der Waals surface area contributed by atoms with Crippen LogP contribution in [-0.2, 0) is 25.6 Å². The molecule has 8 rings (SSSR count). The lowest BCUT2D eigenvalue weighted by Gasteiger charge is -2.30. The van der Waals surface area contributed by atoms with Gasteiger partial charge in [0.2, 0.25) is 12.3 Å². The number of ether oxygens (including phenoxy) is 2. The fourth-order valence-corrected chi connectivity index (χ4v) is 8.83. The van der Waals surface area contributed by atoms with Gasteiger partial charge in [-0.25, -0.2) is 14.8 Å². The van der Waals surface area contributed by atoms with Crippen LogP contribution in [0.5, 0.6) is 0 Å². The molecule has 0 radical (unpaired) electrons. The molecule has 3 aromatic heterocycles. The molecule has 6 atom stereocenters. The number of nitrogens with one attached hydrogen (secondary N) is 4. The van der Waals surface area contributed by atoms with Crippen LogP contribution < -0.4 is 10.6 Å². The summed E-state index contributed by atoms with van der Waals surface area (Å²) in [6.45, 7) is 7.08. The lowest BCUT2D eigenvalue weighted by atomic mass is 9.88. The second-order valence-corrected chi connectivity index (χ2v) is 16.3. The van der Waals surface area contributed by atoms with Crippen molar-refractivity contribution in [3.63, 3.8) is 0 Å². The lowest BCUT2D eigenvalue weighted by molar-refractivity contribution is -0.137. The Morgan fingerprint density at radius 1 is 0.814 bits per heavy atom. The molecule has 13 nitrogen and oxygen atoms in total. The van der Waals surface area contributed by atoms with E-state index in [1.165, 1.54) is 39.9 Å². The van der Waals surface area contributed by atoms with Crippen molar-refractivity contribution in [2.45, 2.75) is 95.9 Å². The Hall–Kier alpha value is -5.82. The summed E-state index contributed by atoms with van der Waals surface area (Å²) < 4.78 is 10.1. The minimum atomic E-state index is -0.863. The Morgan fingerprint density at radius 3 is 2.00 bits per heavy atom. The summed E-state index contributed by atoms with van der Waals surface area (Å²) in [6.07, 6.45) is 12.1. The Bertz CT molecular complexity index is 2160. The standard InChI is InChI=1S/C36H42N6O4.C10H14N2O/c1-21(45-2)32(41-36(44)46-3)35(43)42-16-4-5-31(42)34-38-20-30(40-34)26-14-10-24(11-15-26)23-8-12-25(13-9-23)29-19-37-33(39-29)28-18-22-6-7-27(28)17-22;1-8(2)10-4-3-9(6-12-10)5-11-7-13/h8-15,19-22,27-28,31-32H,4-7,16-18H2,1-3H3,(H,37,39)(H,38,40)(H,41,44);3-4,6-8H,5H2,1-2H3,(H,11,13). The Morgan fingerprint density at radius 2 is 1.46 bits per heavy atom. The normalized spacial score (nSPS) is 20.5. The summed E-state index contributed by atoms with van der Waals surface area (Å²) in [5, 5.41) is 5.22. The van der Waals surface area contributed by atoms with Gasteiger partial charge >= 0.3 is 6.09 Å². The molecular formula is C46H56N8O5. The first-order chi connectivity index (χ1) is 28.6. The number of likely N-dealkylation sites (tertiary alicyclic amines) is 1. The Kier molecular flexibility index (Phi) is 13.2. The van der Waals surface area contributed by atoms with Crippen molar-refractivity contribution >= 4 is 18.4 Å². The minimum absolute atomic E-state index is 0.218. The van der Waals surface area contributed by atoms with Crippen molar-refractivity contribution in [1.82, 2.24) is 40.5 Å². The van der Waals surface area contributed by atoms with Crippen molar-refractivity contribution < 1.29 is 23.9 Å². The molecule has 59 heavy (non-hydrogen) atoms. The van der Waals surface area contributed by atoms with E-state index in [1.54, 1.807) is 18.0 Å². The number of aromatic nitrogens is 5. The number of H-pyrrole nitrogens is 2. The van der Waals surface area contributed by atoms with Crippen molar-refractivity contribution in [2.75, 3.05) is 20.8 Å². The van der Waals surface area contributed by atoms with E-state index in [1.807, 2.05) is 24.5 Å². The molecule has 2 saturated carbocycles. The molecule has 2 aliphatic carbocycles. The van der Waals surface area contributed by atoms with Crippen LogP contribution in [0.4, 0.5) is 4.79 Å². The first kappa shape index (κ1) is 41.3. The first-order valence-electron chi connectivity index (χ1n) is 20.8. The van der Waals surface area contributed by atoms with Crippen LogP contribution in [0.3, 0.4) is 0 Å². The van der Waals surface area contributed by atoms with Crippen LogP contribution in [0.1, 0.15) is 100 Å². The molecule has 3 fully saturated rings. The third-order valence-corrected chi connectivity index (χ3v) is 12.3. The summed E-state index contributed by atoms with van der Waals surface area (Å²) in [5.74, 6) is 4.44. The number of aromatic amines is 2. The maximum absolute atomic E-state index is 13.5. The van der Waals surface area contributed by atoms with Crippen LogP contribution in [0.15, 0.2) is 79.3 Å². The highest BCUT2D eigenvalue weighted by atomic mass is 16.5. The summed E-state index contributed by atoms with van der Waals surface area (Å²) in [4.78, 5) is 58.1. The van der Waals surface area contributed by atoms with Crippen LogP contribution in [-0.4, -0.2) is 81.1 Å². The zero-order valence-electron chi connectivity index (χ0n) is 34.6. The zero-order valence-corrected chi connectivity index (χ0v) is 34.6. The van der Waals surface area contributed by atoms with Gasteiger partial charge in [-0.2, -0.15) is 0 Å². The second kappa shape index (κ2) is 18.8. The molecule has 6 unspecified atom stereocenters. The SMILES string of the molecule is CC(C)c1ccc(CNC=O)cn1.COC(=O)NC(C(=O)N1CCCC1c1ncc(-c2ccc(-c3ccc(-c4cnc(C5CC6CCC5C6)[nH]4)cc3)cc2)[nH]1)C(C)OC. The molecular weight excluding hydrogens is 745 g/mol. The molecule has 1 aliphatic heterocycles. The maximum atomic E-state index is 13.5. The highest BCUT2D eigenvalue weighted by Crippen LogP contribution is 2.52. The quantitative estimate of drug-likeness (QED) is 0.0872. The topological polar surface area (TPSA) is 167 Å². The van der Waals surface area contributed by atoms with Crippen molar-refractivity contribution in [2.24, 2.45) is 11.8 Å². The molecule has 5 aromatic rings. The number of methoxy groups -OCH3 is 2. The van der Waals surface area contributed by atoms with Gasteiger partial charge in [0.25, 0.3) is 0 Å². The van der Waals surface area contributed by atoms with E-state index in [4.69, 9.17) is 14.5 Å². The van der Waals surface area contributed by atoms with Crippen LogP contribution in [0, 0.1) is 11.8 Å². The number of alkyl carbamates (subject to hydrolysis) is 1. The number of amides is 3. The van der Waals surface area contributed by atoms with Crippen LogP contribution in [0.25, 0.3) is 33.6 Å². The van der Waals surface area contributed by atoms with Gasteiger partial charge in [0, 0.05) is 38.0 Å². The lowest BCUT2D eigenvalue weighted by Crippen LogP contribution is -2.54. The summed E-state index contributed by atoms with van der Waals surface area (Å²) in [7, 11) is 2.79. The van der Waals surface area contributed by atoms with E-state index in [2.05, 4.69) is 92.9 Å². The van der Waals surface area contributed by atoms with Gasteiger partial charge in [-0.3, -0.25) is 14.6 Å². The van der Waals surface area contributed by atoms with Crippen molar-refractivity contribution in [3.8, 4) is 33.6 Å². The van der Waals surface area contributed by atoms with Crippen molar-refractivity contribution in [1.29, 1.82) is 0 Å². The smallest absolute Gasteiger partial charge is 0.407 e. The first-order valence-corrected chi connectivity index (χ1v) is 20.8. The number of pyridine rings is 1. The maximum Gasteiger partial charge on any atom is 0.407 e. The number of imidazole rings is 2. The van der Waals surface area contributed by atoms with E-state index in [9.17, 15) is 14.4 Å². The van der Waals surface area contributed by atoms with E-state index >= 15 is 0 Å². The Balaban J connectivity index is 0.000000348. The highest BCUT2D eigenvalue weighted by molar-refractivity contribution is 5.87. The number of fused-ring (bicyclic) bond motifs is 2. The summed E-state index contributed by atoms with van der Waals surface area (Å²) >= 11 is 0. The fraction of sp³-hybridized carbons (Fsp3) is 0.435. The van der Waals surface area contributed by atoms with E-state index in [0.29, 0.717) is 31.3 Å². The van der Waals surface area contributed by atoms with Gasteiger partial charge in [0.05, 0.1) is 43.0 Å². The van der Waals surface area contributed by atoms with Gasteiger partial charge in [-0.15, -0.1) is 0 Å². The number of benzene rings is 2. The van der Waals surface area contributed by atoms with E-state index in [-0.39, 0.29) is 11.9 Å². The highest BCUT2D eigenvalue weighted by Gasteiger charge is 2.42. The number of carbonyl (C=O) groups excluding carboxylic acids is 3. The van der Waals surface area contributed by atoms with Gasteiger partial charge in [0.1, 0.15) is 17.7 Å². The molecule has 4 heterocycles. The third-order valence-electron chi connectivity index (χ3n) is 12.3. The number of carbonyl (C=O) groups is 3. The Labute approximate surface area is 346 Å². The monoisotopic (exact) mass is 800 g/mol. The van der Waals surface area contributed by atoms with Gasteiger partial charge in [0.15, 0.2) is 0 Å². The third kappa shape index (κ3) is 9.57. The second-order valence-electron chi connectivity index (χ2n) is 16.3. The summed E-state index contributed by atoms with van der Waals surface area (Å²) in [5.41, 5.74) is 8.51. The predicted octanol–water partition coefficient (Wildman–Crippen LogP) is 7.91. The largest absolute Gasteiger partial charge is 0.453 e. The zero-order chi connectivity index (χ0) is 41.5. The molecule has 0 spiro atoms. The average Bonchev–Trinajstić information content (AvgIpc) is 4.14. The molecule has 2 bridgehead atoms. The van der Waals surface area contributed by atoms with Crippen LogP contribution >= 0.6 is 0 Å². The van der Waals surface area contributed by atoms with E-state index < -0.39 is 18.2 Å². The summed E-state index contributed by atoms with van der Waals surface area (Å²) in [6, 6.07) is 20.0. The number of nitrogens with zero attached hydrogens (tertiary/aromatic N) is 4. The average molecular weight is 801 g/mol. The van der Waals surface area contributed by atoms with Gasteiger partial charge < -0.3 is 35.0 Å². The molecule has 3 aliphatic rings. The molecule has 310 valence electrons. The molecule has 4 N–H and O–H groups in total. The molecule has 13 heteroatoms.